The lowest BCUT2D eigenvalue weighted by molar-refractivity contribution is 0.282. The van der Waals surface area contributed by atoms with Gasteiger partial charge in [-0.05, 0) is 23.1 Å². The average molecular weight is 305 g/mol. The van der Waals surface area contributed by atoms with Crippen molar-refractivity contribution in [3.63, 3.8) is 0 Å². The zero-order chi connectivity index (χ0) is 15.2. The van der Waals surface area contributed by atoms with E-state index in [0.29, 0.717) is 24.2 Å². The first kappa shape index (κ1) is 15.7. The molecule has 0 radical (unpaired) electrons. The van der Waals surface area contributed by atoms with Gasteiger partial charge in [-0.25, -0.2) is 0 Å². The minimum Gasteiger partial charge on any atom is -0.493 e. The number of benzene rings is 2. The lowest BCUT2D eigenvalue weighted by atomic mass is 10.0. The normalized spacial score (nSPS) is 10.7. The third-order valence-electron chi connectivity index (χ3n) is 3.45. The molecule has 2 nitrogen and oxygen atoms in total. The minimum atomic E-state index is 0.402. The van der Waals surface area contributed by atoms with Crippen molar-refractivity contribution >= 4 is 11.6 Å². The second-order valence-electron chi connectivity index (χ2n) is 5.27. The monoisotopic (exact) mass is 304 g/mol. The number of para-hydroxylation sites is 1. The molecule has 0 N–H and O–H groups in total. The Morgan fingerprint density at radius 3 is 2.33 bits per heavy atom. The zero-order valence-electron chi connectivity index (χ0n) is 12.7. The summed E-state index contributed by atoms with van der Waals surface area (Å²) in [6, 6.07) is 14.2. The van der Waals surface area contributed by atoms with E-state index in [1.165, 1.54) is 5.56 Å². The van der Waals surface area contributed by atoms with E-state index < -0.39 is 0 Å². The highest BCUT2D eigenvalue weighted by atomic mass is 35.5. The first-order valence-electron chi connectivity index (χ1n) is 7.09. The van der Waals surface area contributed by atoms with Gasteiger partial charge < -0.3 is 9.47 Å². The van der Waals surface area contributed by atoms with E-state index in [9.17, 15) is 0 Å². The van der Waals surface area contributed by atoms with Crippen LogP contribution in [-0.2, 0) is 12.5 Å². The second-order valence-corrected chi connectivity index (χ2v) is 5.53. The van der Waals surface area contributed by atoms with E-state index in [0.717, 1.165) is 16.9 Å². The van der Waals surface area contributed by atoms with Gasteiger partial charge in [-0.1, -0.05) is 50.2 Å². The van der Waals surface area contributed by atoms with Crippen LogP contribution in [-0.4, -0.2) is 7.11 Å². The fraction of sp³-hybridized carbons (Fsp3) is 0.333. The predicted molar refractivity (Wildman–Crippen MR) is 87.4 cm³/mol. The third-order valence-corrected chi connectivity index (χ3v) is 3.74. The van der Waals surface area contributed by atoms with Gasteiger partial charge in [0.2, 0.25) is 0 Å². The van der Waals surface area contributed by atoms with Crippen LogP contribution in [0.1, 0.15) is 36.5 Å². The molecule has 0 bridgehead atoms. The number of methoxy groups -OCH3 is 1. The van der Waals surface area contributed by atoms with Crippen molar-refractivity contribution in [1.82, 2.24) is 0 Å². The molecule has 0 spiro atoms. The molecule has 0 unspecified atom stereocenters. The molecule has 0 aromatic heterocycles. The topological polar surface area (TPSA) is 18.5 Å². The fourth-order valence-electron chi connectivity index (χ4n) is 2.15. The van der Waals surface area contributed by atoms with E-state index in [1.807, 2.05) is 18.2 Å². The molecule has 0 saturated carbocycles. The summed E-state index contributed by atoms with van der Waals surface area (Å²) in [5.74, 6) is 2.38. The van der Waals surface area contributed by atoms with Crippen LogP contribution in [0.25, 0.3) is 0 Å². The maximum atomic E-state index is 5.96. The summed E-state index contributed by atoms with van der Waals surface area (Å²) < 4.78 is 11.3. The Kier molecular flexibility index (Phi) is 5.51. The second kappa shape index (κ2) is 7.37. The number of hydrogen-bond acceptors (Lipinski definition) is 2. The van der Waals surface area contributed by atoms with E-state index >= 15 is 0 Å². The smallest absolute Gasteiger partial charge is 0.166 e. The van der Waals surface area contributed by atoms with E-state index in [1.54, 1.807) is 7.11 Å². The Morgan fingerprint density at radius 1 is 1.05 bits per heavy atom. The molecule has 21 heavy (non-hydrogen) atoms. The van der Waals surface area contributed by atoms with Gasteiger partial charge >= 0.3 is 0 Å². The third kappa shape index (κ3) is 3.92. The molecule has 2 aromatic rings. The summed E-state index contributed by atoms with van der Waals surface area (Å²) >= 11 is 5.96. The van der Waals surface area contributed by atoms with Crippen molar-refractivity contribution in [2.24, 2.45) is 0 Å². The molecule has 0 saturated heterocycles. The zero-order valence-corrected chi connectivity index (χ0v) is 13.5. The molecule has 0 atom stereocenters. The van der Waals surface area contributed by atoms with Crippen LogP contribution in [0, 0.1) is 0 Å². The Morgan fingerprint density at radius 2 is 1.76 bits per heavy atom. The largest absolute Gasteiger partial charge is 0.493 e. The lowest BCUT2D eigenvalue weighted by Crippen LogP contribution is -2.00. The Hall–Kier alpha value is -1.67. The van der Waals surface area contributed by atoms with Crippen molar-refractivity contribution in [2.45, 2.75) is 32.3 Å². The lowest BCUT2D eigenvalue weighted by Gasteiger charge is -2.14. The van der Waals surface area contributed by atoms with Crippen LogP contribution in [0.2, 0.25) is 0 Å². The highest BCUT2D eigenvalue weighted by molar-refractivity contribution is 6.17. The molecule has 0 aliphatic heterocycles. The summed E-state index contributed by atoms with van der Waals surface area (Å²) in [7, 11) is 1.64. The van der Waals surface area contributed by atoms with Crippen molar-refractivity contribution < 1.29 is 9.47 Å². The van der Waals surface area contributed by atoms with Crippen LogP contribution in [0.4, 0.5) is 0 Å². The van der Waals surface area contributed by atoms with Crippen LogP contribution in [0.3, 0.4) is 0 Å². The molecule has 3 heteroatoms. The van der Waals surface area contributed by atoms with Gasteiger partial charge in [-0.2, -0.15) is 0 Å². The highest BCUT2D eigenvalue weighted by Crippen LogP contribution is 2.32. The van der Waals surface area contributed by atoms with E-state index in [-0.39, 0.29) is 0 Å². The predicted octanol–water partition coefficient (Wildman–Crippen LogP) is 5.14. The average Bonchev–Trinajstić information content (AvgIpc) is 2.52. The molecule has 112 valence electrons. The number of ether oxygens (including phenoxy) is 2. The molecule has 0 amide bonds. The summed E-state index contributed by atoms with van der Waals surface area (Å²) in [5.41, 5.74) is 3.40. The molecular formula is C18H21ClO2. The Labute approximate surface area is 131 Å². The van der Waals surface area contributed by atoms with Crippen molar-refractivity contribution in [2.75, 3.05) is 7.11 Å². The van der Waals surface area contributed by atoms with Crippen LogP contribution < -0.4 is 9.47 Å². The standard InChI is InChI=1S/C18H21ClO2/c1-13(2)15-9-7-14(8-10-15)12-21-18-16(11-19)5-4-6-17(18)20-3/h4-10,13H,11-12H2,1-3H3. The highest BCUT2D eigenvalue weighted by Gasteiger charge is 2.10. The summed E-state index contributed by atoms with van der Waals surface area (Å²) in [6.07, 6.45) is 0. The number of rotatable bonds is 6. The van der Waals surface area contributed by atoms with E-state index in [4.69, 9.17) is 21.1 Å². The first-order chi connectivity index (χ1) is 10.2. The molecule has 0 heterocycles. The van der Waals surface area contributed by atoms with Gasteiger partial charge in [-0.15, -0.1) is 11.6 Å². The number of alkyl halides is 1. The summed E-state index contributed by atoms with van der Waals surface area (Å²) in [4.78, 5) is 0. The van der Waals surface area contributed by atoms with Crippen molar-refractivity contribution in [3.05, 3.63) is 59.2 Å². The van der Waals surface area contributed by atoms with Crippen LogP contribution >= 0.6 is 11.6 Å². The molecule has 2 aromatic carbocycles. The van der Waals surface area contributed by atoms with Gasteiger partial charge in [0.05, 0.1) is 13.0 Å². The summed E-state index contributed by atoms with van der Waals surface area (Å²) in [6.45, 7) is 4.88. The quantitative estimate of drug-likeness (QED) is 0.688. The molecular weight excluding hydrogens is 284 g/mol. The summed E-state index contributed by atoms with van der Waals surface area (Å²) in [5, 5.41) is 0. The van der Waals surface area contributed by atoms with Gasteiger partial charge in [-0.3, -0.25) is 0 Å². The maximum Gasteiger partial charge on any atom is 0.166 e. The van der Waals surface area contributed by atoms with Crippen molar-refractivity contribution in [3.8, 4) is 11.5 Å². The van der Waals surface area contributed by atoms with Gasteiger partial charge in [0.15, 0.2) is 11.5 Å². The first-order valence-corrected chi connectivity index (χ1v) is 7.62. The number of hydrogen-bond donors (Lipinski definition) is 0. The van der Waals surface area contributed by atoms with Gasteiger partial charge in [0, 0.05) is 5.56 Å². The Balaban J connectivity index is 2.12. The minimum absolute atomic E-state index is 0.402. The fourth-order valence-corrected chi connectivity index (χ4v) is 2.36. The molecule has 0 fully saturated rings. The van der Waals surface area contributed by atoms with Crippen LogP contribution in [0.15, 0.2) is 42.5 Å². The SMILES string of the molecule is COc1cccc(CCl)c1OCc1ccc(C(C)C)cc1. The van der Waals surface area contributed by atoms with E-state index in [2.05, 4.69) is 38.1 Å². The Bertz CT molecular complexity index is 554. The van der Waals surface area contributed by atoms with Crippen LogP contribution in [0.5, 0.6) is 11.5 Å². The molecule has 2 rings (SSSR count). The number of halogens is 1. The van der Waals surface area contributed by atoms with Gasteiger partial charge in [0.25, 0.3) is 0 Å². The van der Waals surface area contributed by atoms with Gasteiger partial charge in [0.1, 0.15) is 6.61 Å². The van der Waals surface area contributed by atoms with Crippen molar-refractivity contribution in [1.29, 1.82) is 0 Å². The molecule has 0 aliphatic rings. The molecule has 0 aliphatic carbocycles. The maximum absolute atomic E-state index is 5.96.